The molecule has 1 aromatic heterocycles. The number of nitrogens with one attached hydrogen (secondary N) is 1. The fraction of sp³-hybridized carbons (Fsp3) is 0.318. The summed E-state index contributed by atoms with van der Waals surface area (Å²) in [7, 11) is 0. The minimum absolute atomic E-state index is 0.0149. The highest BCUT2D eigenvalue weighted by Crippen LogP contribution is 2.23. The third-order valence-electron chi connectivity index (χ3n) is 4.34. The summed E-state index contributed by atoms with van der Waals surface area (Å²) in [5.74, 6) is -0.806. The van der Waals surface area contributed by atoms with Crippen LogP contribution in [0.25, 0.3) is 10.9 Å². The van der Waals surface area contributed by atoms with Crippen molar-refractivity contribution in [3.05, 3.63) is 63.7 Å². The second-order valence-electron chi connectivity index (χ2n) is 7.10. The van der Waals surface area contributed by atoms with E-state index in [4.69, 9.17) is 16.3 Å². The van der Waals surface area contributed by atoms with E-state index in [0.717, 1.165) is 17.8 Å². The van der Waals surface area contributed by atoms with Gasteiger partial charge in [-0.3, -0.25) is 14.2 Å². The lowest BCUT2D eigenvalue weighted by Crippen LogP contribution is -2.25. The maximum absolute atomic E-state index is 13.2. The van der Waals surface area contributed by atoms with Crippen LogP contribution >= 0.6 is 23.4 Å². The predicted molar refractivity (Wildman–Crippen MR) is 122 cm³/mol. The lowest BCUT2D eigenvalue weighted by molar-refractivity contribution is -0.113. The number of anilines is 1. The van der Waals surface area contributed by atoms with E-state index >= 15 is 0 Å². The van der Waals surface area contributed by atoms with Gasteiger partial charge in [-0.05, 0) is 50.6 Å². The van der Waals surface area contributed by atoms with Gasteiger partial charge in [-0.1, -0.05) is 35.5 Å². The molecule has 0 saturated carbocycles. The predicted octanol–water partition coefficient (Wildman–Crippen LogP) is 4.73. The number of carbonyl (C=O) groups is 1. The number of rotatable bonds is 9. The number of nitrogens with zero attached hydrogens (tertiary/aromatic N) is 2. The molecule has 0 atom stereocenters. The summed E-state index contributed by atoms with van der Waals surface area (Å²) in [6.07, 6.45) is 0.755. The van der Waals surface area contributed by atoms with Crippen LogP contribution in [0.15, 0.2) is 52.4 Å². The maximum atomic E-state index is 13.2. The van der Waals surface area contributed by atoms with Gasteiger partial charge in [0.15, 0.2) is 5.16 Å². The maximum Gasteiger partial charge on any atom is 0.262 e. The molecular weight excluding hydrogens is 441 g/mol. The number of ether oxygens (including phenoxy) is 1. The van der Waals surface area contributed by atoms with E-state index in [9.17, 15) is 14.0 Å². The van der Waals surface area contributed by atoms with Gasteiger partial charge in [0.05, 0.1) is 33.5 Å². The molecule has 1 heterocycles. The van der Waals surface area contributed by atoms with Crippen LogP contribution in [-0.4, -0.2) is 33.9 Å². The molecule has 0 spiro atoms. The first-order valence-corrected chi connectivity index (χ1v) is 11.2. The largest absolute Gasteiger partial charge is 0.379 e. The number of benzene rings is 2. The first-order valence-electron chi connectivity index (χ1n) is 9.84. The molecule has 0 radical (unpaired) electrons. The molecule has 0 aliphatic carbocycles. The molecule has 3 aromatic rings. The Bertz CT molecular complexity index is 1140. The van der Waals surface area contributed by atoms with Crippen molar-refractivity contribution in [1.29, 1.82) is 0 Å². The van der Waals surface area contributed by atoms with Crippen molar-refractivity contribution in [2.75, 3.05) is 17.7 Å². The number of hydrogen-bond donors (Lipinski definition) is 1. The molecule has 0 bridgehead atoms. The molecule has 0 aliphatic rings. The first kappa shape index (κ1) is 23.2. The lowest BCUT2D eigenvalue weighted by atomic mass is 10.2. The van der Waals surface area contributed by atoms with Gasteiger partial charge in [0.25, 0.3) is 5.56 Å². The Morgan fingerprint density at radius 3 is 2.81 bits per heavy atom. The number of para-hydroxylation sites is 1. The minimum Gasteiger partial charge on any atom is -0.379 e. The molecule has 0 fully saturated rings. The Labute approximate surface area is 188 Å². The van der Waals surface area contributed by atoms with E-state index in [0.29, 0.717) is 41.3 Å². The Morgan fingerprint density at radius 1 is 1.29 bits per heavy atom. The van der Waals surface area contributed by atoms with Gasteiger partial charge >= 0.3 is 0 Å². The number of carbonyl (C=O) groups excluding carboxylic acids is 1. The van der Waals surface area contributed by atoms with Gasteiger partial charge in [0.2, 0.25) is 5.91 Å². The third-order valence-corrected chi connectivity index (χ3v) is 5.63. The second-order valence-corrected chi connectivity index (χ2v) is 8.45. The number of amides is 1. The van der Waals surface area contributed by atoms with Crippen LogP contribution in [0.1, 0.15) is 20.3 Å². The molecule has 0 saturated heterocycles. The van der Waals surface area contributed by atoms with Gasteiger partial charge in [-0.25, -0.2) is 9.37 Å². The normalized spacial score (nSPS) is 11.3. The van der Waals surface area contributed by atoms with Crippen LogP contribution in [0.5, 0.6) is 0 Å². The van der Waals surface area contributed by atoms with Crippen LogP contribution < -0.4 is 10.9 Å². The molecule has 2 aromatic carbocycles. The van der Waals surface area contributed by atoms with Crippen LogP contribution in [0.4, 0.5) is 10.1 Å². The number of aromatic nitrogens is 2. The molecule has 1 N–H and O–H groups in total. The van der Waals surface area contributed by atoms with Gasteiger partial charge in [0, 0.05) is 13.2 Å². The van der Waals surface area contributed by atoms with Crippen molar-refractivity contribution < 1.29 is 13.9 Å². The summed E-state index contributed by atoms with van der Waals surface area (Å²) in [6, 6.07) is 10.9. The number of fused-ring (bicyclic) bond motifs is 1. The third kappa shape index (κ3) is 6.29. The number of thioether (sulfide) groups is 1. The molecule has 3 rings (SSSR count). The zero-order valence-electron chi connectivity index (χ0n) is 17.2. The van der Waals surface area contributed by atoms with Crippen LogP contribution in [0.3, 0.4) is 0 Å². The molecule has 0 unspecified atom stereocenters. The van der Waals surface area contributed by atoms with E-state index in [-0.39, 0.29) is 28.3 Å². The Kier molecular flexibility index (Phi) is 8.06. The topological polar surface area (TPSA) is 73.2 Å². The summed E-state index contributed by atoms with van der Waals surface area (Å²) in [5.41, 5.74) is 0.745. The van der Waals surface area contributed by atoms with Gasteiger partial charge in [0.1, 0.15) is 5.82 Å². The van der Waals surface area contributed by atoms with Gasteiger partial charge in [-0.15, -0.1) is 0 Å². The summed E-state index contributed by atoms with van der Waals surface area (Å²) >= 11 is 7.12. The van der Waals surface area contributed by atoms with Crippen LogP contribution in [0, 0.1) is 5.82 Å². The van der Waals surface area contributed by atoms with Gasteiger partial charge < -0.3 is 10.1 Å². The van der Waals surface area contributed by atoms with E-state index < -0.39 is 5.82 Å². The number of halogens is 2. The summed E-state index contributed by atoms with van der Waals surface area (Å²) in [6.45, 7) is 4.86. The standard InChI is InChI=1S/C22H23ClFN3O3S/c1-14(2)30-11-5-10-27-21(29)16-6-3-4-7-18(16)26-22(27)31-13-20(28)25-19-9-8-15(24)12-17(19)23/h3-4,6-9,12,14H,5,10-11,13H2,1-2H3,(H,25,28). The quantitative estimate of drug-likeness (QED) is 0.282. The first-order chi connectivity index (χ1) is 14.8. The molecule has 1 amide bonds. The molecular formula is C22H23ClFN3O3S. The number of hydrogen-bond acceptors (Lipinski definition) is 5. The Morgan fingerprint density at radius 2 is 2.06 bits per heavy atom. The average molecular weight is 464 g/mol. The molecule has 31 heavy (non-hydrogen) atoms. The minimum atomic E-state index is -0.483. The summed E-state index contributed by atoms with van der Waals surface area (Å²) in [5, 5.41) is 3.74. The molecule has 0 aliphatic heterocycles. The van der Waals surface area contributed by atoms with Crippen LogP contribution in [0.2, 0.25) is 5.02 Å². The van der Waals surface area contributed by atoms with Crippen molar-refractivity contribution in [1.82, 2.24) is 9.55 Å². The highest BCUT2D eigenvalue weighted by molar-refractivity contribution is 7.99. The fourth-order valence-corrected chi connectivity index (χ4v) is 3.94. The van der Waals surface area contributed by atoms with E-state index in [2.05, 4.69) is 10.3 Å². The van der Waals surface area contributed by atoms with Crippen molar-refractivity contribution in [2.24, 2.45) is 0 Å². The monoisotopic (exact) mass is 463 g/mol. The van der Waals surface area contributed by atoms with E-state index in [1.165, 1.54) is 12.1 Å². The fourth-order valence-electron chi connectivity index (χ4n) is 2.90. The smallest absolute Gasteiger partial charge is 0.262 e. The zero-order valence-corrected chi connectivity index (χ0v) is 18.8. The van der Waals surface area contributed by atoms with Gasteiger partial charge in [-0.2, -0.15) is 0 Å². The highest BCUT2D eigenvalue weighted by Gasteiger charge is 2.14. The van der Waals surface area contributed by atoms with Crippen LogP contribution in [-0.2, 0) is 16.1 Å². The second kappa shape index (κ2) is 10.7. The van der Waals surface area contributed by atoms with E-state index in [1.807, 2.05) is 19.9 Å². The Balaban J connectivity index is 1.76. The molecule has 9 heteroatoms. The van der Waals surface area contributed by atoms with Crippen molar-refractivity contribution in [3.63, 3.8) is 0 Å². The summed E-state index contributed by atoms with van der Waals surface area (Å²) < 4.78 is 20.3. The Hall–Kier alpha value is -2.42. The average Bonchev–Trinajstić information content (AvgIpc) is 2.73. The molecule has 164 valence electrons. The molecule has 6 nitrogen and oxygen atoms in total. The zero-order chi connectivity index (χ0) is 22.4. The summed E-state index contributed by atoms with van der Waals surface area (Å²) in [4.78, 5) is 30.0. The van der Waals surface area contributed by atoms with Crippen molar-refractivity contribution in [3.8, 4) is 0 Å². The van der Waals surface area contributed by atoms with E-state index in [1.54, 1.807) is 22.8 Å². The highest BCUT2D eigenvalue weighted by atomic mass is 35.5. The van der Waals surface area contributed by atoms with Crippen molar-refractivity contribution in [2.45, 2.75) is 38.1 Å². The SMILES string of the molecule is CC(C)OCCCn1c(SCC(=O)Nc2ccc(F)cc2Cl)nc2ccccc2c1=O. The lowest BCUT2D eigenvalue weighted by Gasteiger charge is -2.14. The van der Waals surface area contributed by atoms with Crippen molar-refractivity contribution >= 4 is 45.9 Å².